The lowest BCUT2D eigenvalue weighted by Crippen LogP contribution is -2.48. The third-order valence-electron chi connectivity index (χ3n) is 5.12. The van der Waals surface area contributed by atoms with Crippen molar-refractivity contribution < 1.29 is 9.53 Å². The van der Waals surface area contributed by atoms with E-state index >= 15 is 0 Å². The highest BCUT2D eigenvalue weighted by Gasteiger charge is 2.33. The number of rotatable bonds is 4. The van der Waals surface area contributed by atoms with Crippen molar-refractivity contribution in [2.24, 2.45) is 5.92 Å². The van der Waals surface area contributed by atoms with Gasteiger partial charge in [-0.2, -0.15) is 0 Å². The Morgan fingerprint density at radius 3 is 3.05 bits per heavy atom. The summed E-state index contributed by atoms with van der Waals surface area (Å²) in [6.07, 6.45) is 11.4. The molecule has 1 aromatic heterocycles. The summed E-state index contributed by atoms with van der Waals surface area (Å²) in [5.41, 5.74) is 1.10. The molecule has 21 heavy (non-hydrogen) atoms. The number of imidazole rings is 1. The number of aromatic nitrogens is 2. The van der Waals surface area contributed by atoms with E-state index in [0.29, 0.717) is 6.54 Å². The zero-order valence-corrected chi connectivity index (χ0v) is 12.8. The van der Waals surface area contributed by atoms with Crippen molar-refractivity contribution in [3.05, 3.63) is 18.2 Å². The van der Waals surface area contributed by atoms with Crippen LogP contribution in [0.25, 0.3) is 0 Å². The Bertz CT molecular complexity index is 491. The third kappa shape index (κ3) is 3.12. The largest absolute Gasteiger partial charge is 0.376 e. The molecule has 116 valence electrons. The van der Waals surface area contributed by atoms with Crippen LogP contribution >= 0.6 is 0 Å². The molecule has 1 aromatic rings. The molecule has 1 N–H and O–H groups in total. The van der Waals surface area contributed by atoms with Crippen molar-refractivity contribution in [1.29, 1.82) is 0 Å². The number of fused-ring (bicyclic) bond motifs is 1. The first-order valence-corrected chi connectivity index (χ1v) is 8.04. The minimum Gasteiger partial charge on any atom is -0.376 e. The maximum absolute atomic E-state index is 12.4. The van der Waals surface area contributed by atoms with E-state index in [9.17, 15) is 4.79 Å². The molecule has 2 heterocycles. The summed E-state index contributed by atoms with van der Waals surface area (Å²) in [5, 5.41) is 3.14. The van der Waals surface area contributed by atoms with E-state index in [2.05, 4.69) is 14.9 Å². The lowest BCUT2D eigenvalue weighted by molar-refractivity contribution is -0.128. The van der Waals surface area contributed by atoms with Gasteiger partial charge in [-0.15, -0.1) is 0 Å². The zero-order chi connectivity index (χ0) is 14.7. The molecule has 1 amide bonds. The molecule has 5 nitrogen and oxygen atoms in total. The molecule has 0 saturated heterocycles. The van der Waals surface area contributed by atoms with Gasteiger partial charge in [0.05, 0.1) is 17.8 Å². The van der Waals surface area contributed by atoms with Gasteiger partial charge in [0, 0.05) is 32.1 Å². The summed E-state index contributed by atoms with van der Waals surface area (Å²) in [6, 6.07) is 0. The Labute approximate surface area is 126 Å². The Morgan fingerprint density at radius 2 is 2.29 bits per heavy atom. The van der Waals surface area contributed by atoms with E-state index in [-0.39, 0.29) is 17.4 Å². The summed E-state index contributed by atoms with van der Waals surface area (Å²) in [4.78, 5) is 16.6. The second kappa shape index (κ2) is 6.18. The van der Waals surface area contributed by atoms with Crippen LogP contribution in [-0.2, 0) is 22.5 Å². The molecule has 0 aromatic carbocycles. The molecule has 0 radical (unpaired) electrons. The average Bonchev–Trinajstić information content (AvgIpc) is 3.01. The molecule has 5 heteroatoms. The maximum Gasteiger partial charge on any atom is 0.225 e. The van der Waals surface area contributed by atoms with Crippen LogP contribution in [0.5, 0.6) is 0 Å². The van der Waals surface area contributed by atoms with Gasteiger partial charge in [0.1, 0.15) is 0 Å². The van der Waals surface area contributed by atoms with Crippen molar-refractivity contribution in [3.63, 3.8) is 0 Å². The summed E-state index contributed by atoms with van der Waals surface area (Å²) in [5.74, 6) is 0.223. The summed E-state index contributed by atoms with van der Waals surface area (Å²) in [6.45, 7) is 1.40. The van der Waals surface area contributed by atoms with Crippen LogP contribution in [-0.4, -0.2) is 34.7 Å². The summed E-state index contributed by atoms with van der Waals surface area (Å²) >= 11 is 0. The van der Waals surface area contributed by atoms with Crippen LogP contribution in [0.1, 0.15) is 44.2 Å². The van der Waals surface area contributed by atoms with Gasteiger partial charge < -0.3 is 14.6 Å². The second-order valence-corrected chi connectivity index (χ2v) is 6.44. The first kappa shape index (κ1) is 14.6. The molecule has 1 aliphatic carbocycles. The van der Waals surface area contributed by atoms with Crippen molar-refractivity contribution in [3.8, 4) is 0 Å². The lowest BCUT2D eigenvalue weighted by atomic mass is 9.84. The van der Waals surface area contributed by atoms with Gasteiger partial charge in [0.25, 0.3) is 0 Å². The number of nitrogens with one attached hydrogen (secondary N) is 1. The SMILES string of the molecule is COC1(CNC(=O)[C@H]2CCc3cncn3C2)CCCCC1. The van der Waals surface area contributed by atoms with Gasteiger partial charge in [-0.3, -0.25) is 4.79 Å². The molecule has 1 saturated carbocycles. The molecule has 0 spiro atoms. The van der Waals surface area contributed by atoms with Crippen LogP contribution in [0.2, 0.25) is 0 Å². The third-order valence-corrected chi connectivity index (χ3v) is 5.12. The van der Waals surface area contributed by atoms with E-state index in [1.165, 1.54) is 25.0 Å². The van der Waals surface area contributed by atoms with Crippen LogP contribution in [0.3, 0.4) is 0 Å². The number of amides is 1. The number of hydrogen-bond acceptors (Lipinski definition) is 3. The second-order valence-electron chi connectivity index (χ2n) is 6.44. The molecule has 1 atom stereocenters. The van der Waals surface area contributed by atoms with E-state index in [4.69, 9.17) is 4.74 Å². The van der Waals surface area contributed by atoms with Gasteiger partial charge in [-0.05, 0) is 25.7 Å². The molecule has 1 aliphatic heterocycles. The highest BCUT2D eigenvalue weighted by atomic mass is 16.5. The number of nitrogens with zero attached hydrogens (tertiary/aromatic N) is 2. The average molecular weight is 291 g/mol. The van der Waals surface area contributed by atoms with Crippen molar-refractivity contribution in [1.82, 2.24) is 14.9 Å². The number of carbonyl (C=O) groups is 1. The van der Waals surface area contributed by atoms with E-state index in [1.807, 2.05) is 12.5 Å². The molecule has 3 rings (SSSR count). The van der Waals surface area contributed by atoms with Crippen LogP contribution < -0.4 is 5.32 Å². The number of aryl methyl sites for hydroxylation is 1. The fourth-order valence-corrected chi connectivity index (χ4v) is 3.63. The first-order valence-electron chi connectivity index (χ1n) is 8.04. The normalized spacial score (nSPS) is 24.3. The minimum absolute atomic E-state index is 0.0594. The van der Waals surface area contributed by atoms with Gasteiger partial charge in [-0.1, -0.05) is 19.3 Å². The predicted molar refractivity (Wildman–Crippen MR) is 79.9 cm³/mol. The fraction of sp³-hybridized carbons (Fsp3) is 0.750. The van der Waals surface area contributed by atoms with Gasteiger partial charge >= 0.3 is 0 Å². The molecular weight excluding hydrogens is 266 g/mol. The number of carbonyl (C=O) groups excluding carboxylic acids is 1. The van der Waals surface area contributed by atoms with Crippen LogP contribution in [0.15, 0.2) is 12.5 Å². The molecular formula is C16H25N3O2. The Morgan fingerprint density at radius 1 is 1.48 bits per heavy atom. The smallest absolute Gasteiger partial charge is 0.225 e. The van der Waals surface area contributed by atoms with Crippen molar-refractivity contribution >= 4 is 5.91 Å². The van der Waals surface area contributed by atoms with Crippen molar-refractivity contribution in [2.75, 3.05) is 13.7 Å². The lowest BCUT2D eigenvalue weighted by Gasteiger charge is -2.36. The molecule has 1 fully saturated rings. The van der Waals surface area contributed by atoms with Crippen molar-refractivity contribution in [2.45, 2.75) is 57.1 Å². The van der Waals surface area contributed by atoms with Gasteiger partial charge in [0.2, 0.25) is 5.91 Å². The van der Waals surface area contributed by atoms with E-state index in [1.54, 1.807) is 7.11 Å². The highest BCUT2D eigenvalue weighted by Crippen LogP contribution is 2.30. The Balaban J connectivity index is 1.54. The standard InChI is InChI=1S/C16H25N3O2/c1-21-16(7-3-2-4-8-16)11-18-15(20)13-5-6-14-9-17-12-19(14)10-13/h9,12-13H,2-8,10-11H2,1H3,(H,18,20)/t13-/m0/s1. The monoisotopic (exact) mass is 291 g/mol. The quantitative estimate of drug-likeness (QED) is 0.922. The van der Waals surface area contributed by atoms with Gasteiger partial charge in [-0.25, -0.2) is 4.98 Å². The highest BCUT2D eigenvalue weighted by molar-refractivity contribution is 5.78. The molecule has 0 bridgehead atoms. The molecule has 0 unspecified atom stereocenters. The number of ether oxygens (including phenoxy) is 1. The predicted octanol–water partition coefficient (Wildman–Crippen LogP) is 1.91. The maximum atomic E-state index is 12.4. The number of methoxy groups -OCH3 is 1. The van der Waals surface area contributed by atoms with E-state index in [0.717, 1.165) is 32.2 Å². The topological polar surface area (TPSA) is 56.1 Å². The summed E-state index contributed by atoms with van der Waals surface area (Å²) < 4.78 is 7.83. The van der Waals surface area contributed by atoms with Crippen LogP contribution in [0, 0.1) is 5.92 Å². The zero-order valence-electron chi connectivity index (χ0n) is 12.8. The Hall–Kier alpha value is -1.36. The fourth-order valence-electron chi connectivity index (χ4n) is 3.63. The minimum atomic E-state index is -0.136. The van der Waals surface area contributed by atoms with Gasteiger partial charge in [0.15, 0.2) is 0 Å². The van der Waals surface area contributed by atoms with Crippen LogP contribution in [0.4, 0.5) is 0 Å². The molecule has 2 aliphatic rings. The number of hydrogen-bond donors (Lipinski definition) is 1. The Kier molecular flexibility index (Phi) is 4.29. The first-order chi connectivity index (χ1) is 10.2. The van der Waals surface area contributed by atoms with E-state index < -0.39 is 0 Å². The summed E-state index contributed by atoms with van der Waals surface area (Å²) in [7, 11) is 1.77.